The van der Waals surface area contributed by atoms with Crippen LogP contribution in [0.5, 0.6) is 0 Å². The first kappa shape index (κ1) is 24.7. The highest BCUT2D eigenvalue weighted by molar-refractivity contribution is 5.90. The highest BCUT2D eigenvalue weighted by Gasteiger charge is 2.21. The van der Waals surface area contributed by atoms with E-state index in [1.807, 2.05) is 60.7 Å². The molecule has 1 N–H and O–H groups in total. The third-order valence-electron chi connectivity index (χ3n) is 5.47. The number of amides is 1. The van der Waals surface area contributed by atoms with E-state index >= 15 is 0 Å². The summed E-state index contributed by atoms with van der Waals surface area (Å²) in [6.45, 7) is 2.35. The largest absolute Gasteiger partial charge is 0.466 e. The molecule has 4 aromatic rings. The standard InChI is InChI=1S/C27H26FN5O3/c1-2-36-25(34)17-24(15-19-11-13-21(14-12-19)22-9-6-10-23(28)16-22)29-27(35)26-30-32-33(31-26)18-20-7-4-3-5-8-20/h3-14,16,24H,2,15,17-18H2,1H3,(H,29,35)/t24-/m1/s1. The smallest absolute Gasteiger partial charge is 0.307 e. The van der Waals surface area contributed by atoms with E-state index in [2.05, 4.69) is 20.7 Å². The summed E-state index contributed by atoms with van der Waals surface area (Å²) in [5.41, 5.74) is 3.50. The summed E-state index contributed by atoms with van der Waals surface area (Å²) in [5.74, 6) is -1.33. The fourth-order valence-electron chi connectivity index (χ4n) is 3.78. The first-order valence-corrected chi connectivity index (χ1v) is 11.6. The zero-order chi connectivity index (χ0) is 25.3. The molecule has 1 amide bonds. The third-order valence-corrected chi connectivity index (χ3v) is 5.47. The number of halogens is 1. The Morgan fingerprint density at radius 3 is 2.47 bits per heavy atom. The number of ether oxygens (including phenoxy) is 1. The first-order chi connectivity index (χ1) is 17.5. The Morgan fingerprint density at radius 1 is 0.972 bits per heavy atom. The lowest BCUT2D eigenvalue weighted by molar-refractivity contribution is -0.143. The summed E-state index contributed by atoms with van der Waals surface area (Å²) in [4.78, 5) is 26.4. The lowest BCUT2D eigenvalue weighted by atomic mass is 9.99. The van der Waals surface area contributed by atoms with Gasteiger partial charge in [0, 0.05) is 6.04 Å². The van der Waals surface area contributed by atoms with Crippen LogP contribution >= 0.6 is 0 Å². The Kier molecular flexibility index (Phi) is 8.12. The molecule has 3 aromatic carbocycles. The van der Waals surface area contributed by atoms with Crippen LogP contribution in [0.2, 0.25) is 0 Å². The number of carbonyl (C=O) groups is 2. The SMILES string of the molecule is CCOC(=O)C[C@@H](Cc1ccc(-c2cccc(F)c2)cc1)NC(=O)c1nnn(Cc2ccccc2)n1. The number of carbonyl (C=O) groups excluding carboxylic acids is 2. The van der Waals surface area contributed by atoms with E-state index in [0.717, 1.165) is 22.3 Å². The topological polar surface area (TPSA) is 99.0 Å². The minimum Gasteiger partial charge on any atom is -0.466 e. The van der Waals surface area contributed by atoms with E-state index in [1.165, 1.54) is 16.9 Å². The Hall–Kier alpha value is -4.40. The summed E-state index contributed by atoms with van der Waals surface area (Å²) in [6.07, 6.45) is 0.371. The number of hydrogen-bond acceptors (Lipinski definition) is 6. The Morgan fingerprint density at radius 2 is 1.75 bits per heavy atom. The predicted molar refractivity (Wildman–Crippen MR) is 131 cm³/mol. The van der Waals surface area contributed by atoms with Crippen LogP contribution in [-0.4, -0.2) is 44.7 Å². The number of hydrogen-bond donors (Lipinski definition) is 1. The first-order valence-electron chi connectivity index (χ1n) is 11.6. The van der Waals surface area contributed by atoms with Gasteiger partial charge in [0.05, 0.1) is 19.6 Å². The maximum atomic E-state index is 13.6. The molecular formula is C27H26FN5O3. The molecule has 0 fully saturated rings. The average molecular weight is 488 g/mol. The highest BCUT2D eigenvalue weighted by atomic mass is 19.1. The summed E-state index contributed by atoms with van der Waals surface area (Å²) in [7, 11) is 0. The van der Waals surface area contributed by atoms with Crippen molar-refractivity contribution in [2.24, 2.45) is 0 Å². The molecule has 1 aromatic heterocycles. The number of tetrazole rings is 1. The van der Waals surface area contributed by atoms with Crippen LogP contribution < -0.4 is 5.32 Å². The number of aromatic nitrogens is 4. The summed E-state index contributed by atoms with van der Waals surface area (Å²) in [6, 6.07) is 22.9. The molecular weight excluding hydrogens is 461 g/mol. The number of nitrogens with zero attached hydrogens (tertiary/aromatic N) is 4. The highest BCUT2D eigenvalue weighted by Crippen LogP contribution is 2.21. The Balaban J connectivity index is 1.44. The number of nitrogens with one attached hydrogen (secondary N) is 1. The molecule has 0 bridgehead atoms. The van der Waals surface area contributed by atoms with Crippen LogP contribution in [0.4, 0.5) is 4.39 Å². The Labute approximate surface area is 208 Å². The minimum absolute atomic E-state index is 0.0105. The second kappa shape index (κ2) is 11.8. The molecule has 0 unspecified atom stereocenters. The molecule has 0 saturated carbocycles. The molecule has 4 rings (SSSR count). The van der Waals surface area contributed by atoms with Crippen molar-refractivity contribution in [3.05, 3.63) is 102 Å². The summed E-state index contributed by atoms with van der Waals surface area (Å²) in [5, 5.41) is 14.8. The van der Waals surface area contributed by atoms with E-state index in [4.69, 9.17) is 4.74 Å². The number of rotatable bonds is 10. The van der Waals surface area contributed by atoms with Gasteiger partial charge in [0.2, 0.25) is 0 Å². The van der Waals surface area contributed by atoms with Gasteiger partial charge >= 0.3 is 5.97 Å². The van der Waals surface area contributed by atoms with Crippen LogP contribution in [0.15, 0.2) is 78.9 Å². The molecule has 36 heavy (non-hydrogen) atoms. The summed E-state index contributed by atoms with van der Waals surface area (Å²) < 4.78 is 18.6. The van der Waals surface area contributed by atoms with Crippen molar-refractivity contribution in [2.75, 3.05) is 6.61 Å². The van der Waals surface area contributed by atoms with E-state index < -0.39 is 17.9 Å². The zero-order valence-electron chi connectivity index (χ0n) is 19.8. The van der Waals surface area contributed by atoms with Gasteiger partial charge in [-0.2, -0.15) is 4.80 Å². The maximum absolute atomic E-state index is 13.6. The van der Waals surface area contributed by atoms with E-state index in [0.29, 0.717) is 13.0 Å². The lowest BCUT2D eigenvalue weighted by Gasteiger charge is -2.17. The third kappa shape index (κ3) is 6.82. The van der Waals surface area contributed by atoms with Gasteiger partial charge in [-0.25, -0.2) is 4.39 Å². The molecule has 0 saturated heterocycles. The molecule has 0 spiro atoms. The van der Waals surface area contributed by atoms with Crippen molar-refractivity contribution in [3.8, 4) is 11.1 Å². The van der Waals surface area contributed by atoms with Crippen LogP contribution in [0.1, 0.15) is 35.1 Å². The van der Waals surface area contributed by atoms with Crippen LogP contribution in [-0.2, 0) is 22.5 Å². The van der Waals surface area contributed by atoms with E-state index in [-0.39, 0.29) is 24.7 Å². The van der Waals surface area contributed by atoms with Crippen molar-refractivity contribution in [1.29, 1.82) is 0 Å². The molecule has 0 aliphatic carbocycles. The second-order valence-corrected chi connectivity index (χ2v) is 8.22. The summed E-state index contributed by atoms with van der Waals surface area (Å²) >= 11 is 0. The Bertz CT molecular complexity index is 1310. The monoisotopic (exact) mass is 487 g/mol. The average Bonchev–Trinajstić information content (AvgIpc) is 3.34. The minimum atomic E-state index is -0.544. The quantitative estimate of drug-likeness (QED) is 0.342. The van der Waals surface area contributed by atoms with Crippen molar-refractivity contribution < 1.29 is 18.7 Å². The van der Waals surface area contributed by atoms with Crippen LogP contribution in [0.25, 0.3) is 11.1 Å². The van der Waals surface area contributed by atoms with Gasteiger partial charge in [-0.3, -0.25) is 9.59 Å². The normalized spacial score (nSPS) is 11.6. The predicted octanol–water partition coefficient (Wildman–Crippen LogP) is 3.82. The van der Waals surface area contributed by atoms with Gasteiger partial charge < -0.3 is 10.1 Å². The molecule has 1 atom stereocenters. The van der Waals surface area contributed by atoms with Gasteiger partial charge in [0.25, 0.3) is 11.7 Å². The fourth-order valence-corrected chi connectivity index (χ4v) is 3.78. The lowest BCUT2D eigenvalue weighted by Crippen LogP contribution is -2.39. The number of benzene rings is 3. The molecule has 8 nitrogen and oxygen atoms in total. The zero-order valence-corrected chi connectivity index (χ0v) is 19.8. The second-order valence-electron chi connectivity index (χ2n) is 8.22. The van der Waals surface area contributed by atoms with Crippen LogP contribution in [0, 0.1) is 5.82 Å². The van der Waals surface area contributed by atoms with Crippen LogP contribution in [0.3, 0.4) is 0 Å². The molecule has 0 radical (unpaired) electrons. The molecule has 0 aliphatic rings. The van der Waals surface area contributed by atoms with E-state index in [1.54, 1.807) is 13.0 Å². The molecule has 9 heteroatoms. The van der Waals surface area contributed by atoms with Gasteiger partial charge in [0.15, 0.2) is 0 Å². The molecule has 1 heterocycles. The van der Waals surface area contributed by atoms with Gasteiger partial charge in [0.1, 0.15) is 5.82 Å². The van der Waals surface area contributed by atoms with Crippen molar-refractivity contribution >= 4 is 11.9 Å². The van der Waals surface area contributed by atoms with Gasteiger partial charge in [-0.1, -0.05) is 66.7 Å². The van der Waals surface area contributed by atoms with Crippen molar-refractivity contribution in [3.63, 3.8) is 0 Å². The van der Waals surface area contributed by atoms with Gasteiger partial charge in [-0.15, -0.1) is 10.2 Å². The maximum Gasteiger partial charge on any atom is 0.307 e. The van der Waals surface area contributed by atoms with Crippen molar-refractivity contribution in [2.45, 2.75) is 32.4 Å². The fraction of sp³-hybridized carbons (Fsp3) is 0.222. The van der Waals surface area contributed by atoms with Crippen molar-refractivity contribution in [1.82, 2.24) is 25.5 Å². The number of esters is 1. The molecule has 184 valence electrons. The van der Waals surface area contributed by atoms with E-state index in [9.17, 15) is 14.0 Å². The van der Waals surface area contributed by atoms with Gasteiger partial charge in [-0.05, 0) is 52.9 Å². The molecule has 0 aliphatic heterocycles.